The number of hydrogen-bond donors (Lipinski definition) is 0. The molecule has 109 heavy (non-hydrogen) atoms. The molecule has 582 valence electrons. The quantitative estimate of drug-likeness (QED) is 0.00751. The number of hydrogen-bond acceptors (Lipinski definition) is 23. The lowest BCUT2D eigenvalue weighted by Crippen LogP contribution is -2.49. The molecular formula is C77H76F6O20S6. The highest BCUT2D eigenvalue weighted by Gasteiger charge is 2.64. The lowest BCUT2D eigenvalue weighted by atomic mass is 9.50. The Morgan fingerprint density at radius 1 is 0.495 bits per heavy atom. The first-order valence-corrected chi connectivity index (χ1v) is 41.0. The normalized spacial score (nSPS) is 23.2. The number of alkyl halides is 6. The third kappa shape index (κ3) is 24.0. The van der Waals surface area contributed by atoms with E-state index in [1.807, 2.05) is 30.3 Å². The van der Waals surface area contributed by atoms with Gasteiger partial charge in [0.25, 0.3) is 0 Å². The zero-order valence-electron chi connectivity index (χ0n) is 58.1. The number of carbonyl (C=O) groups is 6. The van der Waals surface area contributed by atoms with Gasteiger partial charge in [-0.25, -0.2) is 14.4 Å². The topological polar surface area (TPSA) is 273 Å². The fourth-order valence-corrected chi connectivity index (χ4v) is 22.2. The van der Waals surface area contributed by atoms with Crippen molar-refractivity contribution in [1.82, 2.24) is 0 Å². The van der Waals surface area contributed by atoms with Crippen molar-refractivity contribution in [3.63, 3.8) is 0 Å². The molecule has 32 heteroatoms. The van der Waals surface area contributed by atoms with Crippen LogP contribution in [0.3, 0.4) is 0 Å². The van der Waals surface area contributed by atoms with Crippen LogP contribution in [0.25, 0.3) is 0 Å². The summed E-state index contributed by atoms with van der Waals surface area (Å²) in [6.45, 7) is -0.242. The van der Waals surface area contributed by atoms with E-state index >= 15 is 0 Å². The van der Waals surface area contributed by atoms with Crippen LogP contribution >= 0.6 is 36.1 Å². The third-order valence-corrected chi connectivity index (χ3v) is 27.4. The van der Waals surface area contributed by atoms with Crippen molar-refractivity contribution in [3.05, 3.63) is 218 Å². The SMILES string of the molecule is O=C(C[S+]1CCCC1)c1ccccc1.O=C(OCC12CC3CC(CC(C3)C1)C2)C(F)(F)SOO[O-].O=C1CC(OC(=O)C(F)(F)SOO[O-])CO1.O=C1OC2C3CC(CC13)C2OC(=O)C(F)(F)SOO[O-].c1ccc([S+](c2ccccc2)c2ccccc2)cc1.c1ccc([S+](c2ccccc2)c2ccccc2)cc1. The summed E-state index contributed by atoms with van der Waals surface area (Å²) in [5.74, 6) is -1.26. The summed E-state index contributed by atoms with van der Waals surface area (Å²) in [5, 5.41) is 24.5. The average molecular weight is 1630 g/mol. The molecule has 0 aromatic heterocycles. The van der Waals surface area contributed by atoms with Gasteiger partial charge in [0.05, 0.1) is 40.7 Å². The molecule has 6 bridgehead atoms. The minimum absolute atomic E-state index is 0.0146. The molecule has 0 radical (unpaired) electrons. The maximum atomic E-state index is 13.3. The summed E-state index contributed by atoms with van der Waals surface area (Å²) in [7, 11) is 0.363. The monoisotopic (exact) mass is 1630 g/mol. The van der Waals surface area contributed by atoms with Gasteiger partial charge in [0.2, 0.25) is 5.78 Å². The molecule has 6 saturated carbocycles. The van der Waals surface area contributed by atoms with Crippen molar-refractivity contribution in [2.75, 3.05) is 30.5 Å². The number of ketones is 1. The predicted octanol–water partition coefficient (Wildman–Crippen LogP) is 13.3. The van der Waals surface area contributed by atoms with E-state index in [0.717, 1.165) is 30.6 Å². The molecular weight excluding hydrogens is 1550 g/mol. The molecule has 0 amide bonds. The standard InChI is InChI=1S/2C18H15S.C13H18F2O5S.C12H15OS.C10H10F2O7S.C6H6F2O7S/c2*1-4-10-16(11-5-1)19(17-12-6-2-7-13-17)18-14-8-3-9-15-18;14-13(15,21-20-19-17)11(16)18-7-12-4-8-1-9(5-12)3-10(2-8)6-12;13-12(10-14-8-4-5-9-14)11-6-2-1-3-7-11;11-10(12,20-19-18-15)9(14)17-6-3-1-4-5(2-3)8(13)16-7(4)6;7-6(8,16-15-14-11)5(10)13-3-1-4(9)12-2-3/h2*1-15H;8-10,17H,1-7H2;1-3,6-7H,4-5,8-10H2;3-7,15H,1-2H2;3,11H,1-2H2/q2*+1;;+1;;/p-3. The highest BCUT2D eigenvalue weighted by Crippen LogP contribution is 2.60. The molecule has 7 aromatic rings. The zero-order chi connectivity index (χ0) is 77.4. The van der Waals surface area contributed by atoms with Crippen LogP contribution in [0.4, 0.5) is 26.3 Å². The van der Waals surface area contributed by atoms with Gasteiger partial charge in [-0.15, -0.1) is 0 Å². The second kappa shape index (κ2) is 40.9. The zero-order valence-corrected chi connectivity index (χ0v) is 63.0. The minimum atomic E-state index is -4.10. The number of benzene rings is 7. The van der Waals surface area contributed by atoms with E-state index in [9.17, 15) is 70.9 Å². The van der Waals surface area contributed by atoms with E-state index in [1.54, 1.807) is 0 Å². The van der Waals surface area contributed by atoms with Gasteiger partial charge in [0, 0.05) is 22.8 Å². The van der Waals surface area contributed by atoms with Gasteiger partial charge in [-0.3, -0.25) is 29.5 Å². The van der Waals surface area contributed by atoms with Crippen LogP contribution in [0.2, 0.25) is 0 Å². The maximum Gasteiger partial charge on any atom is 0.415 e. The Morgan fingerprint density at radius 2 is 0.862 bits per heavy atom. The van der Waals surface area contributed by atoms with Gasteiger partial charge >= 0.3 is 45.6 Å². The van der Waals surface area contributed by atoms with Crippen LogP contribution in [0.15, 0.2) is 242 Å². The highest BCUT2D eigenvalue weighted by molar-refractivity contribution is 7.98. The van der Waals surface area contributed by atoms with Crippen molar-refractivity contribution in [1.29, 1.82) is 0 Å². The fraction of sp³-hybridized carbons (Fsp3) is 0.377. The Balaban J connectivity index is 0.000000140. The number of cyclic esters (lactones) is 1. The molecule has 7 aromatic carbocycles. The molecule has 6 atom stereocenters. The van der Waals surface area contributed by atoms with Crippen LogP contribution < -0.4 is 15.8 Å². The summed E-state index contributed by atoms with van der Waals surface area (Å²) < 4.78 is 112. The van der Waals surface area contributed by atoms with Crippen LogP contribution in [0, 0.1) is 40.9 Å². The summed E-state index contributed by atoms with van der Waals surface area (Å²) >= 11 is -2.18. The number of ether oxygens (including phenoxy) is 5. The average Bonchev–Trinajstić information content (AvgIpc) is 1.61. The van der Waals surface area contributed by atoms with Gasteiger partial charge in [0.15, 0.2) is 35.1 Å². The second-order valence-electron chi connectivity index (χ2n) is 26.5. The fourth-order valence-electron chi connectivity index (χ4n) is 15.0. The number of carbonyl (C=O) groups excluding carboxylic acids is 6. The van der Waals surface area contributed by atoms with Gasteiger partial charge in [-0.1, -0.05) is 140 Å². The lowest BCUT2D eigenvalue weighted by molar-refractivity contribution is -0.777. The Hall–Kier alpha value is -7.12. The molecule has 6 unspecified atom stereocenters. The molecule has 6 aliphatic carbocycles. The summed E-state index contributed by atoms with van der Waals surface area (Å²) in [6.07, 6.45) is 7.48. The number of rotatable bonds is 25. The molecule has 0 N–H and O–H groups in total. The second-order valence-corrected chi connectivity index (χ2v) is 35.4. The predicted molar refractivity (Wildman–Crippen MR) is 386 cm³/mol. The van der Waals surface area contributed by atoms with Crippen LogP contribution in [0.1, 0.15) is 81.0 Å². The van der Waals surface area contributed by atoms with Crippen LogP contribution in [0.5, 0.6) is 0 Å². The van der Waals surface area contributed by atoms with Gasteiger partial charge < -0.3 is 39.5 Å². The molecule has 0 spiro atoms. The molecule has 3 saturated heterocycles. The van der Waals surface area contributed by atoms with Crippen molar-refractivity contribution < 1.29 is 123 Å². The Kier molecular flexibility index (Phi) is 31.6. The van der Waals surface area contributed by atoms with Gasteiger partial charge in [-0.2, -0.15) is 39.3 Å². The molecule has 9 aliphatic rings. The van der Waals surface area contributed by atoms with E-state index in [-0.39, 0.29) is 70.6 Å². The van der Waals surface area contributed by atoms with Crippen molar-refractivity contribution in [3.8, 4) is 0 Å². The number of fused-ring (bicyclic) bond motifs is 1. The van der Waals surface area contributed by atoms with Gasteiger partial charge in [-0.05, 0) is 166 Å². The van der Waals surface area contributed by atoms with Crippen LogP contribution in [-0.2, 0) is 108 Å². The molecule has 20 nitrogen and oxygen atoms in total. The molecule has 16 rings (SSSR count). The maximum absolute atomic E-state index is 13.3. The summed E-state index contributed by atoms with van der Waals surface area (Å²) in [6, 6.07) is 74.0. The smallest absolute Gasteiger partial charge is 0.415 e. The molecule has 3 heterocycles. The Morgan fingerprint density at radius 3 is 1.23 bits per heavy atom. The number of esters is 5. The van der Waals surface area contributed by atoms with E-state index in [2.05, 4.69) is 220 Å². The number of halogens is 6. The molecule has 9 fully saturated rings. The first kappa shape index (κ1) is 84.3. The van der Waals surface area contributed by atoms with Crippen molar-refractivity contribution >= 4 is 104 Å². The van der Waals surface area contributed by atoms with Crippen LogP contribution in [-0.4, -0.2) is 100 Å². The molecule has 3 aliphatic heterocycles. The first-order valence-electron chi connectivity index (χ1n) is 34.6. The van der Waals surface area contributed by atoms with Gasteiger partial charge in [0.1, 0.15) is 72.6 Å². The minimum Gasteiger partial charge on any atom is -0.691 e. The number of Topliss-reactive ketones (excluding diaryl/α,β-unsaturated/α-hetero) is 1. The first-order chi connectivity index (χ1) is 52.6. The van der Waals surface area contributed by atoms with E-state index in [1.165, 1.54) is 73.0 Å². The Bertz CT molecular complexity index is 3670. The van der Waals surface area contributed by atoms with Crippen molar-refractivity contribution in [2.45, 2.75) is 134 Å². The largest absolute Gasteiger partial charge is 0.691 e. The summed E-state index contributed by atoms with van der Waals surface area (Å²) in [5.41, 5.74) is 0.757. The highest BCUT2D eigenvalue weighted by atomic mass is 32.2. The van der Waals surface area contributed by atoms with E-state index < -0.39 is 94.1 Å². The summed E-state index contributed by atoms with van der Waals surface area (Å²) in [4.78, 5) is 75.7. The lowest BCUT2D eigenvalue weighted by Gasteiger charge is -2.56. The van der Waals surface area contributed by atoms with E-state index in [0.29, 0.717) is 47.3 Å². The Labute approximate surface area is 646 Å². The van der Waals surface area contributed by atoms with E-state index in [4.69, 9.17) is 14.2 Å². The third-order valence-electron chi connectivity index (χ3n) is 19.1. The van der Waals surface area contributed by atoms with Crippen molar-refractivity contribution in [2.24, 2.45) is 40.9 Å².